The number of pyridine rings is 1. The summed E-state index contributed by atoms with van der Waals surface area (Å²) in [5, 5.41) is 3.40. The molecule has 2 fully saturated rings. The van der Waals surface area contributed by atoms with Gasteiger partial charge in [0.05, 0.1) is 25.1 Å². The topological polar surface area (TPSA) is 63.7 Å². The van der Waals surface area contributed by atoms with Crippen LogP contribution in [0.5, 0.6) is 0 Å². The van der Waals surface area contributed by atoms with Crippen molar-refractivity contribution in [3.63, 3.8) is 0 Å². The predicted molar refractivity (Wildman–Crippen MR) is 103 cm³/mol. The molecule has 6 nitrogen and oxygen atoms in total. The van der Waals surface area contributed by atoms with Crippen LogP contribution in [0.4, 0.5) is 11.4 Å². The third-order valence-corrected chi connectivity index (χ3v) is 5.36. The Morgan fingerprint density at radius 3 is 2.33 bits per heavy atom. The quantitative estimate of drug-likeness (QED) is 0.901. The Morgan fingerprint density at radius 2 is 1.74 bits per heavy atom. The lowest BCUT2D eigenvalue weighted by Crippen LogP contribution is -2.47. The van der Waals surface area contributed by atoms with Crippen molar-refractivity contribution in [1.82, 2.24) is 9.88 Å². The van der Waals surface area contributed by atoms with Crippen LogP contribution in [0, 0.1) is 13.8 Å². The van der Waals surface area contributed by atoms with Crippen molar-refractivity contribution in [3.05, 3.63) is 53.3 Å². The van der Waals surface area contributed by atoms with Crippen LogP contribution in [0.15, 0.2) is 36.5 Å². The van der Waals surface area contributed by atoms with E-state index in [-0.39, 0.29) is 5.91 Å². The molecule has 6 heteroatoms. The molecular weight excluding hydrogens is 342 g/mol. The monoisotopic (exact) mass is 367 g/mol. The van der Waals surface area contributed by atoms with Crippen molar-refractivity contribution in [2.24, 2.45) is 0 Å². The molecule has 2 aromatic rings. The standard InChI is InChI=1S/C21H25N3O3/c1-15-4-3-5-16(2)19(15)23-17-6-7-18(22-14-17)20(25)24-10-8-21(9-11-24)26-12-13-27-21/h3-7,14,23H,8-13H2,1-2H3. The van der Waals surface area contributed by atoms with Gasteiger partial charge in [-0.3, -0.25) is 4.79 Å². The zero-order valence-electron chi connectivity index (χ0n) is 15.8. The van der Waals surface area contributed by atoms with Crippen LogP contribution in [0.1, 0.15) is 34.5 Å². The molecule has 0 saturated carbocycles. The summed E-state index contributed by atoms with van der Waals surface area (Å²) in [7, 11) is 0. The van der Waals surface area contributed by atoms with Gasteiger partial charge in [-0.15, -0.1) is 0 Å². The average molecular weight is 367 g/mol. The Hall–Kier alpha value is -2.44. The lowest BCUT2D eigenvalue weighted by molar-refractivity contribution is -0.181. The molecule has 3 heterocycles. The molecule has 2 aliphatic rings. The number of anilines is 2. The van der Waals surface area contributed by atoms with Gasteiger partial charge in [-0.2, -0.15) is 0 Å². The Labute approximate surface area is 159 Å². The average Bonchev–Trinajstić information content (AvgIpc) is 3.13. The molecule has 0 atom stereocenters. The van der Waals surface area contributed by atoms with E-state index in [9.17, 15) is 4.79 Å². The SMILES string of the molecule is Cc1cccc(C)c1Nc1ccc(C(=O)N2CCC3(CC2)OCCO3)nc1. The lowest BCUT2D eigenvalue weighted by Gasteiger charge is -2.37. The number of carbonyl (C=O) groups is 1. The third kappa shape index (κ3) is 3.68. The van der Waals surface area contributed by atoms with Crippen LogP contribution in [0.2, 0.25) is 0 Å². The molecule has 0 radical (unpaired) electrons. The van der Waals surface area contributed by atoms with E-state index in [2.05, 4.69) is 36.3 Å². The molecule has 1 N–H and O–H groups in total. The Bertz CT molecular complexity index is 799. The molecule has 0 aliphatic carbocycles. The minimum absolute atomic E-state index is 0.0403. The number of ether oxygens (including phenoxy) is 2. The highest BCUT2D eigenvalue weighted by molar-refractivity contribution is 5.92. The number of likely N-dealkylation sites (tertiary alicyclic amines) is 1. The van der Waals surface area contributed by atoms with E-state index in [4.69, 9.17) is 9.47 Å². The number of piperidine rings is 1. The molecule has 0 bridgehead atoms. The van der Waals surface area contributed by atoms with Gasteiger partial charge >= 0.3 is 0 Å². The van der Waals surface area contributed by atoms with Crippen molar-refractivity contribution in [2.45, 2.75) is 32.5 Å². The van der Waals surface area contributed by atoms with E-state index >= 15 is 0 Å². The molecule has 1 spiro atoms. The van der Waals surface area contributed by atoms with Gasteiger partial charge in [0.25, 0.3) is 5.91 Å². The fourth-order valence-electron chi connectivity index (χ4n) is 3.75. The second-order valence-corrected chi connectivity index (χ2v) is 7.22. The normalized spacial score (nSPS) is 18.7. The maximum absolute atomic E-state index is 12.7. The third-order valence-electron chi connectivity index (χ3n) is 5.36. The predicted octanol–water partition coefficient (Wildman–Crippen LogP) is 3.42. The number of rotatable bonds is 3. The van der Waals surface area contributed by atoms with E-state index < -0.39 is 5.79 Å². The van der Waals surface area contributed by atoms with Gasteiger partial charge in [0.15, 0.2) is 5.79 Å². The first-order valence-corrected chi connectivity index (χ1v) is 9.43. The van der Waals surface area contributed by atoms with Crippen LogP contribution < -0.4 is 5.32 Å². The van der Waals surface area contributed by atoms with Crippen LogP contribution in [-0.4, -0.2) is 47.9 Å². The number of nitrogens with one attached hydrogen (secondary N) is 1. The first-order chi connectivity index (χ1) is 13.1. The number of aryl methyl sites for hydroxylation is 2. The smallest absolute Gasteiger partial charge is 0.272 e. The number of hydrogen-bond donors (Lipinski definition) is 1. The van der Waals surface area contributed by atoms with Gasteiger partial charge in [0, 0.05) is 31.6 Å². The van der Waals surface area contributed by atoms with Crippen LogP contribution in [0.25, 0.3) is 0 Å². The second-order valence-electron chi connectivity index (χ2n) is 7.22. The summed E-state index contributed by atoms with van der Waals surface area (Å²) in [6, 6.07) is 9.87. The highest BCUT2D eigenvalue weighted by Gasteiger charge is 2.41. The van der Waals surface area contributed by atoms with Gasteiger partial charge < -0.3 is 19.7 Å². The van der Waals surface area contributed by atoms with Crippen LogP contribution in [-0.2, 0) is 9.47 Å². The van der Waals surface area contributed by atoms with E-state index in [1.54, 1.807) is 12.3 Å². The molecule has 1 amide bonds. The molecule has 2 saturated heterocycles. The highest BCUT2D eigenvalue weighted by atomic mass is 16.7. The van der Waals surface area contributed by atoms with Crippen molar-refractivity contribution < 1.29 is 14.3 Å². The summed E-state index contributed by atoms with van der Waals surface area (Å²) in [6.07, 6.45) is 3.14. The maximum Gasteiger partial charge on any atom is 0.272 e. The van der Waals surface area contributed by atoms with Gasteiger partial charge in [-0.25, -0.2) is 4.98 Å². The molecule has 1 aromatic heterocycles. The second kappa shape index (κ2) is 7.29. The highest BCUT2D eigenvalue weighted by Crippen LogP contribution is 2.31. The fraction of sp³-hybridized carbons (Fsp3) is 0.429. The minimum atomic E-state index is -0.469. The number of para-hydroxylation sites is 1. The molecule has 27 heavy (non-hydrogen) atoms. The summed E-state index contributed by atoms with van der Waals surface area (Å²) >= 11 is 0. The molecule has 142 valence electrons. The van der Waals surface area contributed by atoms with Gasteiger partial charge in [-0.05, 0) is 37.1 Å². The molecular formula is C21H25N3O3. The number of benzene rings is 1. The van der Waals surface area contributed by atoms with Gasteiger partial charge in [0.1, 0.15) is 5.69 Å². The molecule has 1 aromatic carbocycles. The van der Waals surface area contributed by atoms with Crippen molar-refractivity contribution in [2.75, 3.05) is 31.6 Å². The fourth-order valence-corrected chi connectivity index (χ4v) is 3.75. The number of hydrogen-bond acceptors (Lipinski definition) is 5. The van der Waals surface area contributed by atoms with Gasteiger partial charge in [-0.1, -0.05) is 18.2 Å². The maximum atomic E-state index is 12.7. The molecule has 0 unspecified atom stereocenters. The summed E-state index contributed by atoms with van der Waals surface area (Å²) in [4.78, 5) is 19.0. The van der Waals surface area contributed by atoms with Crippen molar-refractivity contribution in [1.29, 1.82) is 0 Å². The zero-order chi connectivity index (χ0) is 18.9. The Morgan fingerprint density at radius 1 is 1.07 bits per heavy atom. The van der Waals surface area contributed by atoms with E-state index in [0.29, 0.717) is 44.8 Å². The molecule has 4 rings (SSSR count). The summed E-state index contributed by atoms with van der Waals surface area (Å²) in [6.45, 7) is 6.68. The lowest BCUT2D eigenvalue weighted by atomic mass is 10.0. The first kappa shape index (κ1) is 17.9. The number of carbonyl (C=O) groups excluding carboxylic acids is 1. The number of amides is 1. The Kier molecular flexibility index (Phi) is 4.85. The number of aromatic nitrogens is 1. The summed E-state index contributed by atoms with van der Waals surface area (Å²) in [5.41, 5.74) is 4.76. The first-order valence-electron chi connectivity index (χ1n) is 9.43. The van der Waals surface area contributed by atoms with Crippen LogP contribution in [0.3, 0.4) is 0 Å². The van der Waals surface area contributed by atoms with E-state index in [1.807, 2.05) is 17.0 Å². The zero-order valence-corrected chi connectivity index (χ0v) is 15.8. The van der Waals surface area contributed by atoms with Crippen molar-refractivity contribution in [3.8, 4) is 0 Å². The largest absolute Gasteiger partial charge is 0.354 e. The molecule has 2 aliphatic heterocycles. The van der Waals surface area contributed by atoms with E-state index in [1.165, 1.54) is 11.1 Å². The summed E-state index contributed by atoms with van der Waals surface area (Å²) in [5.74, 6) is -0.509. The number of nitrogens with zero attached hydrogens (tertiary/aromatic N) is 2. The van der Waals surface area contributed by atoms with E-state index in [0.717, 1.165) is 11.4 Å². The van der Waals surface area contributed by atoms with Crippen LogP contribution >= 0.6 is 0 Å². The van der Waals surface area contributed by atoms with Gasteiger partial charge in [0.2, 0.25) is 0 Å². The summed E-state index contributed by atoms with van der Waals surface area (Å²) < 4.78 is 11.4. The Balaban J connectivity index is 1.41. The van der Waals surface area contributed by atoms with Crippen molar-refractivity contribution >= 4 is 17.3 Å². The minimum Gasteiger partial charge on any atom is -0.354 e.